The lowest BCUT2D eigenvalue weighted by Gasteiger charge is -2.10. The highest BCUT2D eigenvalue weighted by molar-refractivity contribution is 5.78. The van der Waals surface area contributed by atoms with Crippen LogP contribution in [0.15, 0.2) is 0 Å². The summed E-state index contributed by atoms with van der Waals surface area (Å²) < 4.78 is 10.7. The third kappa shape index (κ3) is 10.9. The van der Waals surface area contributed by atoms with Crippen molar-refractivity contribution in [3.63, 3.8) is 0 Å². The fraction of sp³-hybridized carbons (Fsp3) is 0.867. The van der Waals surface area contributed by atoms with Gasteiger partial charge >= 0.3 is 0 Å². The van der Waals surface area contributed by atoms with Crippen LogP contribution in [0.25, 0.3) is 0 Å². The molecule has 0 rings (SSSR count). The number of carbonyl (C=O) groups is 2. The van der Waals surface area contributed by atoms with E-state index in [9.17, 15) is 9.59 Å². The molecule has 5 heteroatoms. The maximum Gasteiger partial charge on any atom is 0.222 e. The molecule has 0 aliphatic carbocycles. The lowest BCUT2D eigenvalue weighted by Crippen LogP contribution is -2.31. The smallest absolute Gasteiger partial charge is 0.222 e. The molecule has 1 amide bonds. The van der Waals surface area contributed by atoms with Crippen molar-refractivity contribution >= 4 is 11.7 Å². The third-order valence-electron chi connectivity index (χ3n) is 3.12. The molecule has 0 fully saturated rings. The molecular formula is C15H29NO4. The fourth-order valence-electron chi connectivity index (χ4n) is 1.48. The molecule has 0 saturated carbocycles. The molecule has 20 heavy (non-hydrogen) atoms. The van der Waals surface area contributed by atoms with Gasteiger partial charge in [-0.2, -0.15) is 0 Å². The van der Waals surface area contributed by atoms with Crippen molar-refractivity contribution in [3.05, 3.63) is 0 Å². The van der Waals surface area contributed by atoms with E-state index in [0.29, 0.717) is 45.8 Å². The number of hydrogen-bond donors (Lipinski definition) is 1. The number of amides is 1. The number of nitrogens with one attached hydrogen (secondary N) is 1. The number of ketones is 1. The molecule has 0 radical (unpaired) electrons. The van der Waals surface area contributed by atoms with E-state index in [1.54, 1.807) is 0 Å². The largest absolute Gasteiger partial charge is 0.379 e. The third-order valence-corrected chi connectivity index (χ3v) is 3.12. The van der Waals surface area contributed by atoms with E-state index >= 15 is 0 Å². The fourth-order valence-corrected chi connectivity index (χ4v) is 1.48. The van der Waals surface area contributed by atoms with Gasteiger partial charge in [-0.25, -0.2) is 0 Å². The van der Waals surface area contributed by atoms with Crippen molar-refractivity contribution < 1.29 is 19.1 Å². The lowest BCUT2D eigenvalue weighted by molar-refractivity contribution is -0.124. The van der Waals surface area contributed by atoms with Gasteiger partial charge in [-0.3, -0.25) is 9.59 Å². The first-order chi connectivity index (χ1) is 9.61. The summed E-state index contributed by atoms with van der Waals surface area (Å²) in [6, 6.07) is 0. The Morgan fingerprint density at radius 2 is 1.70 bits per heavy atom. The maximum absolute atomic E-state index is 11.4. The standard InChI is InChI=1S/C15H29NO4/c1-4-13(3)15(18)16-8-10-20-12-11-19-9-6-7-14(17)5-2/h13H,4-12H2,1-3H3,(H,16,18). The Morgan fingerprint density at radius 3 is 2.30 bits per heavy atom. The van der Waals surface area contributed by atoms with Crippen LogP contribution in [0, 0.1) is 5.92 Å². The summed E-state index contributed by atoms with van der Waals surface area (Å²) in [7, 11) is 0. The number of rotatable bonds is 13. The van der Waals surface area contributed by atoms with Crippen LogP contribution in [0.2, 0.25) is 0 Å². The van der Waals surface area contributed by atoms with Crippen LogP contribution in [-0.2, 0) is 19.1 Å². The summed E-state index contributed by atoms with van der Waals surface area (Å²) in [6.45, 7) is 8.45. The molecular weight excluding hydrogens is 258 g/mol. The highest BCUT2D eigenvalue weighted by Gasteiger charge is 2.08. The van der Waals surface area contributed by atoms with Crippen LogP contribution in [0.3, 0.4) is 0 Å². The van der Waals surface area contributed by atoms with E-state index in [2.05, 4.69) is 5.32 Å². The van der Waals surface area contributed by atoms with Gasteiger partial charge in [0, 0.05) is 31.9 Å². The summed E-state index contributed by atoms with van der Waals surface area (Å²) in [5.74, 6) is 0.416. The van der Waals surface area contributed by atoms with E-state index < -0.39 is 0 Å². The summed E-state index contributed by atoms with van der Waals surface area (Å²) in [6.07, 6.45) is 2.82. The van der Waals surface area contributed by atoms with E-state index in [1.165, 1.54) is 0 Å². The monoisotopic (exact) mass is 287 g/mol. The molecule has 1 atom stereocenters. The highest BCUT2D eigenvalue weighted by atomic mass is 16.5. The van der Waals surface area contributed by atoms with Gasteiger partial charge in [-0.1, -0.05) is 20.8 Å². The van der Waals surface area contributed by atoms with Crippen LogP contribution in [0.1, 0.15) is 46.5 Å². The first kappa shape index (κ1) is 19.1. The normalized spacial score (nSPS) is 12.2. The van der Waals surface area contributed by atoms with Gasteiger partial charge < -0.3 is 14.8 Å². The van der Waals surface area contributed by atoms with Gasteiger partial charge in [0.1, 0.15) is 5.78 Å². The average Bonchev–Trinajstić information content (AvgIpc) is 2.47. The molecule has 5 nitrogen and oxygen atoms in total. The molecule has 1 N–H and O–H groups in total. The molecule has 0 aromatic carbocycles. The minimum Gasteiger partial charge on any atom is -0.379 e. The van der Waals surface area contributed by atoms with Crippen LogP contribution >= 0.6 is 0 Å². The molecule has 0 heterocycles. The number of carbonyl (C=O) groups excluding carboxylic acids is 2. The van der Waals surface area contributed by atoms with E-state index in [0.717, 1.165) is 12.8 Å². The van der Waals surface area contributed by atoms with Gasteiger partial charge in [0.25, 0.3) is 0 Å². The summed E-state index contributed by atoms with van der Waals surface area (Å²) in [4.78, 5) is 22.5. The van der Waals surface area contributed by atoms with Crippen molar-refractivity contribution in [3.8, 4) is 0 Å². The minimum absolute atomic E-state index is 0.0594. The maximum atomic E-state index is 11.4. The number of ether oxygens (including phenoxy) is 2. The zero-order valence-electron chi connectivity index (χ0n) is 13.1. The van der Waals surface area contributed by atoms with Gasteiger partial charge in [0.05, 0.1) is 19.8 Å². The van der Waals surface area contributed by atoms with Crippen LogP contribution in [0.4, 0.5) is 0 Å². The predicted octanol–water partition coefficient (Wildman–Crippen LogP) is 1.94. The quantitative estimate of drug-likeness (QED) is 0.526. The van der Waals surface area contributed by atoms with Crippen molar-refractivity contribution in [2.75, 3.05) is 33.0 Å². The summed E-state index contributed by atoms with van der Waals surface area (Å²) in [5.41, 5.74) is 0. The first-order valence-corrected chi connectivity index (χ1v) is 7.56. The van der Waals surface area contributed by atoms with E-state index in [4.69, 9.17) is 9.47 Å². The van der Waals surface area contributed by atoms with Crippen molar-refractivity contribution in [1.29, 1.82) is 0 Å². The molecule has 118 valence electrons. The Bertz CT molecular complexity index is 269. The van der Waals surface area contributed by atoms with Crippen LogP contribution in [-0.4, -0.2) is 44.7 Å². The number of Topliss-reactive ketones (excluding diaryl/α,β-unsaturated/α-hetero) is 1. The topological polar surface area (TPSA) is 64.6 Å². The van der Waals surface area contributed by atoms with Gasteiger partial charge in [-0.05, 0) is 12.8 Å². The summed E-state index contributed by atoms with van der Waals surface area (Å²) >= 11 is 0. The molecule has 0 aromatic rings. The zero-order valence-corrected chi connectivity index (χ0v) is 13.1. The van der Waals surface area contributed by atoms with Crippen molar-refractivity contribution in [2.45, 2.75) is 46.5 Å². The van der Waals surface area contributed by atoms with Gasteiger partial charge in [0.2, 0.25) is 5.91 Å². The molecule has 1 unspecified atom stereocenters. The average molecular weight is 287 g/mol. The Balaban J connectivity index is 3.21. The molecule has 0 saturated heterocycles. The van der Waals surface area contributed by atoms with Crippen molar-refractivity contribution in [1.82, 2.24) is 5.32 Å². The molecule has 0 aromatic heterocycles. The Labute approximate surface area is 122 Å². The minimum atomic E-state index is 0.0594. The van der Waals surface area contributed by atoms with Crippen LogP contribution in [0.5, 0.6) is 0 Å². The predicted molar refractivity (Wildman–Crippen MR) is 78.6 cm³/mol. The van der Waals surface area contributed by atoms with Crippen LogP contribution < -0.4 is 5.32 Å². The SMILES string of the molecule is CCC(=O)CCCOCCOCCNC(=O)C(C)CC. The second-order valence-electron chi connectivity index (χ2n) is 4.82. The Morgan fingerprint density at radius 1 is 1.05 bits per heavy atom. The second-order valence-corrected chi connectivity index (χ2v) is 4.82. The Hall–Kier alpha value is -0.940. The molecule has 0 aliphatic rings. The highest BCUT2D eigenvalue weighted by Crippen LogP contribution is 1.99. The second kappa shape index (κ2) is 13.1. The van der Waals surface area contributed by atoms with Gasteiger partial charge in [0.15, 0.2) is 0 Å². The van der Waals surface area contributed by atoms with E-state index in [-0.39, 0.29) is 17.6 Å². The molecule has 0 spiro atoms. The van der Waals surface area contributed by atoms with Gasteiger partial charge in [-0.15, -0.1) is 0 Å². The lowest BCUT2D eigenvalue weighted by atomic mass is 10.1. The first-order valence-electron chi connectivity index (χ1n) is 7.56. The summed E-state index contributed by atoms with van der Waals surface area (Å²) in [5, 5.41) is 2.82. The number of hydrogen-bond acceptors (Lipinski definition) is 4. The Kier molecular flexibility index (Phi) is 12.4. The zero-order chi connectivity index (χ0) is 15.2. The van der Waals surface area contributed by atoms with E-state index in [1.807, 2.05) is 20.8 Å². The van der Waals surface area contributed by atoms with Crippen molar-refractivity contribution in [2.24, 2.45) is 5.92 Å². The molecule has 0 bridgehead atoms. The molecule has 0 aliphatic heterocycles.